The fourth-order valence-electron chi connectivity index (χ4n) is 3.27. The molecule has 2 N–H and O–H groups in total. The second-order valence-corrected chi connectivity index (χ2v) is 7.73. The van der Waals surface area contributed by atoms with Crippen LogP contribution >= 0.6 is 0 Å². The van der Waals surface area contributed by atoms with E-state index in [0.717, 1.165) is 0 Å². The smallest absolute Gasteiger partial charge is 0.314 e. The van der Waals surface area contributed by atoms with Gasteiger partial charge in [-0.3, -0.25) is 9.36 Å². The Balaban J connectivity index is 1.72. The van der Waals surface area contributed by atoms with Gasteiger partial charge in [0.05, 0.1) is 43.3 Å². The average molecular weight is 452 g/mol. The SMILES string of the molecule is CC1(C(=O)O)COC(c2ncc(-c3ccnc(NCCC#N)n3)n2-c2ccc(F)cc2)OC1. The molecule has 0 saturated carbocycles. The van der Waals surface area contributed by atoms with Crippen LogP contribution in [0.5, 0.6) is 0 Å². The summed E-state index contributed by atoms with van der Waals surface area (Å²) in [5, 5.41) is 21.1. The van der Waals surface area contributed by atoms with Crippen molar-refractivity contribution in [1.82, 2.24) is 19.5 Å². The molecular weight excluding hydrogens is 431 g/mol. The Morgan fingerprint density at radius 2 is 2.03 bits per heavy atom. The van der Waals surface area contributed by atoms with E-state index in [4.69, 9.17) is 14.7 Å². The zero-order valence-corrected chi connectivity index (χ0v) is 17.7. The van der Waals surface area contributed by atoms with Gasteiger partial charge in [-0.15, -0.1) is 0 Å². The third-order valence-electron chi connectivity index (χ3n) is 5.15. The summed E-state index contributed by atoms with van der Waals surface area (Å²) in [5.74, 6) is -0.698. The lowest BCUT2D eigenvalue weighted by Crippen LogP contribution is -2.43. The maximum Gasteiger partial charge on any atom is 0.314 e. The number of imidazole rings is 1. The van der Waals surface area contributed by atoms with E-state index in [1.165, 1.54) is 12.1 Å². The lowest BCUT2D eigenvalue weighted by Gasteiger charge is -2.34. The molecule has 1 fully saturated rings. The molecule has 0 radical (unpaired) electrons. The number of hydrogen-bond donors (Lipinski definition) is 2. The van der Waals surface area contributed by atoms with Crippen molar-refractivity contribution in [1.29, 1.82) is 5.26 Å². The monoisotopic (exact) mass is 452 g/mol. The summed E-state index contributed by atoms with van der Waals surface area (Å²) in [4.78, 5) is 24.6. The first kappa shape index (κ1) is 22.3. The largest absolute Gasteiger partial charge is 0.481 e. The van der Waals surface area contributed by atoms with E-state index in [0.29, 0.717) is 41.8 Å². The second-order valence-electron chi connectivity index (χ2n) is 7.73. The summed E-state index contributed by atoms with van der Waals surface area (Å²) < 4.78 is 26.8. The van der Waals surface area contributed by atoms with Gasteiger partial charge in [-0.2, -0.15) is 5.26 Å². The molecule has 3 aromatic rings. The van der Waals surface area contributed by atoms with Crippen molar-refractivity contribution < 1.29 is 23.8 Å². The summed E-state index contributed by atoms with van der Waals surface area (Å²) in [6.45, 7) is 1.83. The Kier molecular flexibility index (Phi) is 6.30. The minimum Gasteiger partial charge on any atom is -0.481 e. The normalized spacial score (nSPS) is 20.2. The molecule has 0 aliphatic carbocycles. The van der Waals surface area contributed by atoms with Crippen molar-refractivity contribution in [3.63, 3.8) is 0 Å². The molecule has 33 heavy (non-hydrogen) atoms. The average Bonchev–Trinajstić information content (AvgIpc) is 3.25. The standard InChI is InChI=1S/C22H21FN6O4/c1-22(20(30)31)12-32-19(33-13-22)18-27-11-17(29(18)15-5-3-14(23)4-6-15)16-7-10-26-21(28-16)25-9-2-8-24/h3-7,10-11,19H,2,9,12-13H2,1H3,(H,30,31)(H,25,26,28). The molecule has 4 rings (SSSR count). The summed E-state index contributed by atoms with van der Waals surface area (Å²) >= 11 is 0. The zero-order valence-electron chi connectivity index (χ0n) is 17.7. The van der Waals surface area contributed by atoms with Crippen LogP contribution in [0.25, 0.3) is 17.1 Å². The first-order chi connectivity index (χ1) is 15.9. The number of nitrogens with zero attached hydrogens (tertiary/aromatic N) is 5. The first-order valence-corrected chi connectivity index (χ1v) is 10.2. The molecule has 0 spiro atoms. The minimum atomic E-state index is -1.16. The fourth-order valence-corrected chi connectivity index (χ4v) is 3.27. The number of halogens is 1. The highest BCUT2D eigenvalue weighted by Gasteiger charge is 2.41. The quantitative estimate of drug-likeness (QED) is 0.519. The predicted molar refractivity (Wildman–Crippen MR) is 114 cm³/mol. The number of hydrogen-bond acceptors (Lipinski definition) is 8. The molecule has 0 unspecified atom stereocenters. The van der Waals surface area contributed by atoms with Crippen LogP contribution in [-0.2, 0) is 14.3 Å². The maximum absolute atomic E-state index is 13.6. The van der Waals surface area contributed by atoms with Crippen molar-refractivity contribution in [3.05, 3.63) is 54.4 Å². The second kappa shape index (κ2) is 9.32. The van der Waals surface area contributed by atoms with Gasteiger partial charge in [0.25, 0.3) is 0 Å². The van der Waals surface area contributed by atoms with Gasteiger partial charge >= 0.3 is 5.97 Å². The van der Waals surface area contributed by atoms with Crippen LogP contribution < -0.4 is 5.32 Å². The number of aliphatic carboxylic acids is 1. The van der Waals surface area contributed by atoms with E-state index < -0.39 is 23.5 Å². The van der Waals surface area contributed by atoms with E-state index in [2.05, 4.69) is 20.3 Å². The molecule has 11 heteroatoms. The van der Waals surface area contributed by atoms with Gasteiger partial charge < -0.3 is 19.9 Å². The van der Waals surface area contributed by atoms with Gasteiger partial charge in [0.15, 0.2) is 5.82 Å². The number of carbonyl (C=O) groups is 1. The Bertz CT molecular complexity index is 1180. The number of rotatable bonds is 7. The molecule has 1 aromatic carbocycles. The molecule has 1 aliphatic rings. The van der Waals surface area contributed by atoms with E-state index in [-0.39, 0.29) is 13.2 Å². The number of nitriles is 1. The molecule has 3 heterocycles. The minimum absolute atomic E-state index is 0.0565. The Hall–Kier alpha value is -3.88. The molecule has 10 nitrogen and oxygen atoms in total. The highest BCUT2D eigenvalue weighted by atomic mass is 19.1. The Morgan fingerprint density at radius 3 is 2.70 bits per heavy atom. The molecule has 1 saturated heterocycles. The van der Waals surface area contributed by atoms with Crippen LogP contribution in [0, 0.1) is 22.6 Å². The predicted octanol–water partition coefficient (Wildman–Crippen LogP) is 2.93. The van der Waals surface area contributed by atoms with Crippen LogP contribution in [0.4, 0.5) is 10.3 Å². The molecule has 170 valence electrons. The molecule has 0 amide bonds. The molecule has 2 aromatic heterocycles. The molecule has 0 bridgehead atoms. The molecule has 1 aliphatic heterocycles. The number of ether oxygens (including phenoxy) is 2. The maximum atomic E-state index is 13.6. The zero-order chi connectivity index (χ0) is 23.4. The summed E-state index contributed by atoms with van der Waals surface area (Å²) in [5.41, 5.74) is 0.526. The highest BCUT2D eigenvalue weighted by Crippen LogP contribution is 2.34. The van der Waals surface area contributed by atoms with E-state index in [1.807, 2.05) is 6.07 Å². The van der Waals surface area contributed by atoms with Crippen LogP contribution in [-0.4, -0.2) is 50.4 Å². The van der Waals surface area contributed by atoms with Crippen molar-refractivity contribution in [3.8, 4) is 23.1 Å². The molecular formula is C22H21FN6O4. The number of carboxylic acid groups (broad SMARTS) is 1. The van der Waals surface area contributed by atoms with Gasteiger partial charge in [0, 0.05) is 18.4 Å². The summed E-state index contributed by atoms with van der Waals surface area (Å²) in [6, 6.07) is 9.55. The third-order valence-corrected chi connectivity index (χ3v) is 5.15. The van der Waals surface area contributed by atoms with Crippen LogP contribution in [0.15, 0.2) is 42.7 Å². The van der Waals surface area contributed by atoms with Crippen molar-refractivity contribution in [2.75, 3.05) is 25.1 Å². The van der Waals surface area contributed by atoms with E-state index >= 15 is 0 Å². The lowest BCUT2D eigenvalue weighted by atomic mass is 9.92. The lowest BCUT2D eigenvalue weighted by molar-refractivity contribution is -0.237. The first-order valence-electron chi connectivity index (χ1n) is 10.2. The number of anilines is 1. The number of carboxylic acids is 1. The van der Waals surface area contributed by atoms with Crippen LogP contribution in [0.1, 0.15) is 25.5 Å². The fraction of sp³-hybridized carbons (Fsp3) is 0.318. The van der Waals surface area contributed by atoms with Gasteiger partial charge in [-0.1, -0.05) is 0 Å². The summed E-state index contributed by atoms with van der Waals surface area (Å²) in [6.07, 6.45) is 2.53. The van der Waals surface area contributed by atoms with E-state index in [9.17, 15) is 14.3 Å². The summed E-state index contributed by atoms with van der Waals surface area (Å²) in [7, 11) is 0. The molecule has 0 atom stereocenters. The van der Waals surface area contributed by atoms with Crippen LogP contribution in [0.3, 0.4) is 0 Å². The topological polar surface area (TPSA) is 135 Å². The van der Waals surface area contributed by atoms with Crippen molar-refractivity contribution in [2.45, 2.75) is 19.6 Å². The van der Waals surface area contributed by atoms with Gasteiger partial charge in [0.1, 0.15) is 11.2 Å². The third kappa shape index (κ3) is 4.67. The van der Waals surface area contributed by atoms with Crippen LogP contribution in [0.2, 0.25) is 0 Å². The van der Waals surface area contributed by atoms with Crippen molar-refractivity contribution >= 4 is 11.9 Å². The number of benzene rings is 1. The number of aromatic nitrogens is 4. The Labute approximate surface area is 188 Å². The Morgan fingerprint density at radius 1 is 1.30 bits per heavy atom. The van der Waals surface area contributed by atoms with E-state index in [1.54, 1.807) is 42.1 Å². The number of nitrogens with one attached hydrogen (secondary N) is 1. The van der Waals surface area contributed by atoms with Crippen molar-refractivity contribution in [2.24, 2.45) is 5.41 Å². The van der Waals surface area contributed by atoms with Gasteiger partial charge in [-0.25, -0.2) is 19.3 Å². The highest BCUT2D eigenvalue weighted by molar-refractivity contribution is 5.74. The van der Waals surface area contributed by atoms with Gasteiger partial charge in [-0.05, 0) is 37.3 Å². The van der Waals surface area contributed by atoms with Gasteiger partial charge in [0.2, 0.25) is 12.2 Å².